The van der Waals surface area contributed by atoms with Gasteiger partial charge in [0.1, 0.15) is 0 Å². The zero-order valence-corrected chi connectivity index (χ0v) is 15.1. The highest BCUT2D eigenvalue weighted by atomic mass is 35.5. The normalized spacial score (nSPS) is 21.2. The third-order valence-electron chi connectivity index (χ3n) is 4.50. The number of amides is 1. The fourth-order valence-corrected chi connectivity index (χ4v) is 3.53. The van der Waals surface area contributed by atoms with Crippen molar-refractivity contribution in [1.29, 1.82) is 0 Å². The Morgan fingerprint density at radius 1 is 0.917 bits per heavy atom. The first-order valence-electron chi connectivity index (χ1n) is 8.29. The third-order valence-corrected chi connectivity index (χ3v) is 4.50. The Hall–Kier alpha value is -1.84. The Labute approximate surface area is 150 Å². The summed E-state index contributed by atoms with van der Waals surface area (Å²) in [5, 5.41) is 0. The van der Waals surface area contributed by atoms with Crippen molar-refractivity contribution in [2.24, 2.45) is 0 Å². The molecular formula is C20H25ClN2O. The summed E-state index contributed by atoms with van der Waals surface area (Å²) >= 11 is 0. The van der Waals surface area contributed by atoms with Gasteiger partial charge in [0.2, 0.25) is 0 Å². The van der Waals surface area contributed by atoms with Crippen LogP contribution in [-0.4, -0.2) is 40.9 Å². The van der Waals surface area contributed by atoms with Crippen LogP contribution in [0.4, 0.5) is 0 Å². The molecule has 0 spiro atoms. The van der Waals surface area contributed by atoms with Gasteiger partial charge in [-0.1, -0.05) is 48.5 Å². The Morgan fingerprint density at radius 2 is 1.42 bits per heavy atom. The molecular weight excluding hydrogens is 320 g/mol. The van der Waals surface area contributed by atoms with E-state index in [2.05, 4.69) is 43.0 Å². The average Bonchev–Trinajstić information content (AvgIpc) is 2.56. The zero-order valence-electron chi connectivity index (χ0n) is 14.3. The second-order valence-corrected chi connectivity index (χ2v) is 6.46. The van der Waals surface area contributed by atoms with E-state index < -0.39 is 0 Å². The van der Waals surface area contributed by atoms with Gasteiger partial charge >= 0.3 is 0 Å². The van der Waals surface area contributed by atoms with Gasteiger partial charge in [0.15, 0.2) is 0 Å². The molecule has 3 rings (SSSR count). The van der Waals surface area contributed by atoms with Crippen LogP contribution in [0.2, 0.25) is 0 Å². The van der Waals surface area contributed by atoms with Crippen molar-refractivity contribution < 1.29 is 4.79 Å². The van der Waals surface area contributed by atoms with E-state index >= 15 is 0 Å². The molecule has 24 heavy (non-hydrogen) atoms. The van der Waals surface area contributed by atoms with E-state index in [1.165, 1.54) is 5.56 Å². The quantitative estimate of drug-likeness (QED) is 0.844. The van der Waals surface area contributed by atoms with E-state index in [0.29, 0.717) is 0 Å². The predicted octanol–water partition coefficient (Wildman–Crippen LogP) is 3.84. The van der Waals surface area contributed by atoms with Gasteiger partial charge in [-0.25, -0.2) is 0 Å². The zero-order chi connectivity index (χ0) is 16.2. The molecule has 1 aliphatic rings. The van der Waals surface area contributed by atoms with E-state index in [1.54, 1.807) is 0 Å². The monoisotopic (exact) mass is 344 g/mol. The largest absolute Gasteiger partial charge is 0.331 e. The molecule has 128 valence electrons. The van der Waals surface area contributed by atoms with Gasteiger partial charge in [-0.05, 0) is 31.5 Å². The highest BCUT2D eigenvalue weighted by Crippen LogP contribution is 2.20. The van der Waals surface area contributed by atoms with Crippen molar-refractivity contribution in [2.45, 2.75) is 32.5 Å². The molecule has 1 fully saturated rings. The van der Waals surface area contributed by atoms with E-state index in [9.17, 15) is 4.79 Å². The number of carbonyl (C=O) groups is 1. The second kappa shape index (κ2) is 8.32. The van der Waals surface area contributed by atoms with Gasteiger partial charge in [-0.3, -0.25) is 9.69 Å². The van der Waals surface area contributed by atoms with Crippen molar-refractivity contribution in [2.75, 3.05) is 13.1 Å². The van der Waals surface area contributed by atoms with Gasteiger partial charge < -0.3 is 4.90 Å². The summed E-state index contributed by atoms with van der Waals surface area (Å²) in [4.78, 5) is 17.3. The summed E-state index contributed by atoms with van der Waals surface area (Å²) in [6.45, 7) is 7.07. The summed E-state index contributed by atoms with van der Waals surface area (Å²) in [6.07, 6.45) is 0. The predicted molar refractivity (Wildman–Crippen MR) is 101 cm³/mol. The van der Waals surface area contributed by atoms with Crippen LogP contribution in [0, 0.1) is 0 Å². The number of benzene rings is 2. The first-order valence-corrected chi connectivity index (χ1v) is 8.29. The van der Waals surface area contributed by atoms with Crippen LogP contribution >= 0.6 is 12.4 Å². The molecule has 1 heterocycles. The number of rotatable bonds is 3. The van der Waals surface area contributed by atoms with Gasteiger partial charge in [0.25, 0.3) is 5.91 Å². The third kappa shape index (κ3) is 4.16. The topological polar surface area (TPSA) is 23.6 Å². The van der Waals surface area contributed by atoms with Crippen molar-refractivity contribution in [3.05, 3.63) is 71.8 Å². The summed E-state index contributed by atoms with van der Waals surface area (Å²) in [6, 6.07) is 20.6. The van der Waals surface area contributed by atoms with Crippen LogP contribution in [0.5, 0.6) is 0 Å². The van der Waals surface area contributed by atoms with Crippen molar-refractivity contribution in [1.82, 2.24) is 9.80 Å². The highest BCUT2D eigenvalue weighted by molar-refractivity contribution is 5.94. The summed E-state index contributed by atoms with van der Waals surface area (Å²) in [7, 11) is 0. The molecule has 1 aliphatic heterocycles. The Morgan fingerprint density at radius 3 is 1.96 bits per heavy atom. The minimum Gasteiger partial charge on any atom is -0.331 e. The summed E-state index contributed by atoms with van der Waals surface area (Å²) < 4.78 is 0. The second-order valence-electron chi connectivity index (χ2n) is 6.46. The Kier molecular flexibility index (Phi) is 6.41. The van der Waals surface area contributed by atoms with Crippen molar-refractivity contribution in [3.63, 3.8) is 0 Å². The first-order chi connectivity index (χ1) is 11.1. The minimum absolute atomic E-state index is 0. The van der Waals surface area contributed by atoms with Crippen LogP contribution < -0.4 is 0 Å². The average molecular weight is 345 g/mol. The number of carbonyl (C=O) groups excluding carboxylic acids is 1. The molecule has 0 aliphatic carbocycles. The molecule has 2 aromatic carbocycles. The number of nitrogens with zero attached hydrogens (tertiary/aromatic N) is 2. The van der Waals surface area contributed by atoms with Crippen LogP contribution in [-0.2, 0) is 6.54 Å². The number of hydrogen-bond donors (Lipinski definition) is 0. The Balaban J connectivity index is 0.00000208. The molecule has 0 bridgehead atoms. The lowest BCUT2D eigenvalue weighted by molar-refractivity contribution is 0.0268. The lowest BCUT2D eigenvalue weighted by atomic mass is 10.0. The van der Waals surface area contributed by atoms with E-state index in [0.717, 1.165) is 25.2 Å². The van der Waals surface area contributed by atoms with Crippen LogP contribution in [0.25, 0.3) is 0 Å². The molecule has 0 saturated carbocycles. The van der Waals surface area contributed by atoms with Gasteiger partial charge in [0.05, 0.1) is 0 Å². The fraction of sp³-hybridized carbons (Fsp3) is 0.350. The number of hydrogen-bond acceptors (Lipinski definition) is 2. The molecule has 1 amide bonds. The van der Waals surface area contributed by atoms with Crippen LogP contribution in [0.3, 0.4) is 0 Å². The van der Waals surface area contributed by atoms with E-state index in [-0.39, 0.29) is 30.4 Å². The van der Waals surface area contributed by atoms with E-state index in [1.807, 2.05) is 41.3 Å². The summed E-state index contributed by atoms with van der Waals surface area (Å²) in [5.41, 5.74) is 2.11. The van der Waals surface area contributed by atoms with Crippen LogP contribution in [0.15, 0.2) is 60.7 Å². The number of piperazine rings is 1. The molecule has 0 radical (unpaired) electrons. The molecule has 0 aromatic heterocycles. The van der Waals surface area contributed by atoms with Gasteiger partial charge in [-0.15, -0.1) is 12.4 Å². The van der Waals surface area contributed by atoms with Gasteiger partial charge in [-0.2, -0.15) is 0 Å². The molecule has 2 atom stereocenters. The molecule has 4 heteroatoms. The lowest BCUT2D eigenvalue weighted by Gasteiger charge is -2.44. The molecule has 2 unspecified atom stereocenters. The summed E-state index contributed by atoms with van der Waals surface area (Å²) in [5.74, 6) is 0.143. The maximum absolute atomic E-state index is 12.8. The molecule has 0 N–H and O–H groups in total. The molecule has 1 saturated heterocycles. The maximum Gasteiger partial charge on any atom is 0.254 e. The van der Waals surface area contributed by atoms with Crippen molar-refractivity contribution >= 4 is 18.3 Å². The van der Waals surface area contributed by atoms with E-state index in [4.69, 9.17) is 0 Å². The first kappa shape index (κ1) is 18.5. The molecule has 2 aromatic rings. The SMILES string of the molecule is CC1CN(Cc2ccccc2)CC(C)N1C(=O)c1ccccc1.Cl. The molecule has 3 nitrogen and oxygen atoms in total. The lowest BCUT2D eigenvalue weighted by Crippen LogP contribution is -2.58. The number of halogens is 1. The fourth-order valence-electron chi connectivity index (χ4n) is 3.53. The van der Waals surface area contributed by atoms with Gasteiger partial charge in [0, 0.05) is 37.3 Å². The standard InChI is InChI=1S/C20H24N2O.ClH/c1-16-13-21(15-18-9-5-3-6-10-18)14-17(2)22(16)20(23)19-11-7-4-8-12-19;/h3-12,16-17H,13-15H2,1-2H3;1H. The van der Waals surface area contributed by atoms with Crippen LogP contribution in [0.1, 0.15) is 29.8 Å². The smallest absolute Gasteiger partial charge is 0.254 e. The minimum atomic E-state index is 0. The maximum atomic E-state index is 12.8. The highest BCUT2D eigenvalue weighted by Gasteiger charge is 2.33. The Bertz CT molecular complexity index is 635. The van der Waals surface area contributed by atoms with Crippen molar-refractivity contribution in [3.8, 4) is 0 Å².